The normalized spacial score (nSPS) is 32.5. The highest BCUT2D eigenvalue weighted by atomic mass is 19.1. The van der Waals surface area contributed by atoms with E-state index in [0.717, 1.165) is 12.8 Å². The molecule has 0 spiro atoms. The van der Waals surface area contributed by atoms with Crippen molar-refractivity contribution in [2.75, 3.05) is 0 Å². The van der Waals surface area contributed by atoms with Crippen LogP contribution in [0.2, 0.25) is 0 Å². The van der Waals surface area contributed by atoms with Gasteiger partial charge in [0.25, 0.3) is 0 Å². The zero-order chi connectivity index (χ0) is 7.56. The maximum atomic E-state index is 12.7. The molecule has 2 atom stereocenters. The van der Waals surface area contributed by atoms with Gasteiger partial charge < -0.3 is 5.73 Å². The minimum atomic E-state index is -0.785. The molecule has 0 aliphatic heterocycles. The first-order valence-corrected chi connectivity index (χ1v) is 3.62. The lowest BCUT2D eigenvalue weighted by molar-refractivity contribution is -0.119. The van der Waals surface area contributed by atoms with Crippen molar-refractivity contribution in [3.05, 3.63) is 0 Å². The Bertz CT molecular complexity index is 138. The molecule has 1 saturated carbocycles. The summed E-state index contributed by atoms with van der Waals surface area (Å²) in [6.45, 7) is 0. The summed E-state index contributed by atoms with van der Waals surface area (Å²) in [4.78, 5) is 10.4. The molecular weight excluding hydrogens is 133 g/mol. The van der Waals surface area contributed by atoms with Gasteiger partial charge in [0.1, 0.15) is 6.17 Å². The Morgan fingerprint density at radius 3 is 2.70 bits per heavy atom. The molecule has 1 amide bonds. The lowest BCUT2D eigenvalue weighted by atomic mass is 10.0. The average molecular weight is 145 g/mol. The Hall–Kier alpha value is -0.600. The third-order valence-electron chi connectivity index (χ3n) is 2.03. The van der Waals surface area contributed by atoms with Crippen LogP contribution in [0.1, 0.15) is 25.7 Å². The fourth-order valence-electron chi connectivity index (χ4n) is 1.48. The summed E-state index contributed by atoms with van der Waals surface area (Å²) in [6.07, 6.45) is 1.77. The van der Waals surface area contributed by atoms with E-state index < -0.39 is 6.17 Å². The molecule has 0 bridgehead atoms. The first-order valence-electron chi connectivity index (χ1n) is 3.62. The largest absolute Gasteiger partial charge is 0.370 e. The van der Waals surface area contributed by atoms with Gasteiger partial charge in [-0.25, -0.2) is 4.39 Å². The van der Waals surface area contributed by atoms with Gasteiger partial charge in [-0.1, -0.05) is 6.42 Å². The van der Waals surface area contributed by atoms with E-state index in [2.05, 4.69) is 0 Å². The standard InChI is InChI=1S/C7H12FNO/c8-6-3-1-2-5(6)4-7(9)10/h5-6H,1-4H2,(H2,9,10). The summed E-state index contributed by atoms with van der Waals surface area (Å²) in [5.74, 6) is -0.466. The van der Waals surface area contributed by atoms with Crippen LogP contribution in [-0.2, 0) is 4.79 Å². The molecule has 0 heterocycles. The van der Waals surface area contributed by atoms with Crippen LogP contribution in [0.5, 0.6) is 0 Å². The number of primary amides is 1. The van der Waals surface area contributed by atoms with Gasteiger partial charge in [0, 0.05) is 6.42 Å². The van der Waals surface area contributed by atoms with Crippen LogP contribution in [0.15, 0.2) is 0 Å². The van der Waals surface area contributed by atoms with Crippen LogP contribution < -0.4 is 5.73 Å². The van der Waals surface area contributed by atoms with Crippen molar-refractivity contribution in [2.24, 2.45) is 11.7 Å². The summed E-state index contributed by atoms with van der Waals surface area (Å²) in [5.41, 5.74) is 4.93. The summed E-state index contributed by atoms with van der Waals surface area (Å²) in [7, 11) is 0. The molecule has 0 radical (unpaired) electrons. The zero-order valence-electron chi connectivity index (χ0n) is 5.85. The molecule has 58 valence electrons. The lowest BCUT2D eigenvalue weighted by Crippen LogP contribution is -2.19. The number of alkyl halides is 1. The Balaban J connectivity index is 2.33. The maximum Gasteiger partial charge on any atom is 0.217 e. The van der Waals surface area contributed by atoms with Gasteiger partial charge in [0.2, 0.25) is 5.91 Å². The van der Waals surface area contributed by atoms with Gasteiger partial charge in [-0.05, 0) is 18.8 Å². The quantitative estimate of drug-likeness (QED) is 0.618. The van der Waals surface area contributed by atoms with Crippen molar-refractivity contribution in [2.45, 2.75) is 31.9 Å². The topological polar surface area (TPSA) is 43.1 Å². The van der Waals surface area contributed by atoms with Gasteiger partial charge in [-0.15, -0.1) is 0 Å². The first kappa shape index (κ1) is 7.51. The molecule has 1 fully saturated rings. The van der Waals surface area contributed by atoms with Gasteiger partial charge in [-0.2, -0.15) is 0 Å². The van der Waals surface area contributed by atoms with Crippen molar-refractivity contribution in [3.8, 4) is 0 Å². The molecule has 0 aromatic carbocycles. The van der Waals surface area contributed by atoms with Crippen molar-refractivity contribution < 1.29 is 9.18 Å². The number of hydrogen-bond acceptors (Lipinski definition) is 1. The second-order valence-corrected chi connectivity index (χ2v) is 2.88. The van der Waals surface area contributed by atoms with Crippen LogP contribution in [0, 0.1) is 5.92 Å². The molecule has 1 rings (SSSR count). The summed E-state index contributed by atoms with van der Waals surface area (Å²) >= 11 is 0. The fraction of sp³-hybridized carbons (Fsp3) is 0.857. The number of rotatable bonds is 2. The van der Waals surface area contributed by atoms with Gasteiger partial charge in [-0.3, -0.25) is 4.79 Å². The molecule has 10 heavy (non-hydrogen) atoms. The maximum absolute atomic E-state index is 12.7. The Morgan fingerprint density at radius 1 is 1.60 bits per heavy atom. The Morgan fingerprint density at radius 2 is 2.30 bits per heavy atom. The van der Waals surface area contributed by atoms with Crippen LogP contribution in [-0.4, -0.2) is 12.1 Å². The molecule has 1 aliphatic rings. The molecular formula is C7H12FNO. The van der Waals surface area contributed by atoms with Crippen LogP contribution in [0.4, 0.5) is 4.39 Å². The van der Waals surface area contributed by atoms with E-state index in [1.54, 1.807) is 0 Å². The number of carbonyl (C=O) groups is 1. The predicted molar refractivity (Wildman–Crippen MR) is 36.0 cm³/mol. The molecule has 2 unspecified atom stereocenters. The number of halogens is 1. The number of amides is 1. The second-order valence-electron chi connectivity index (χ2n) is 2.88. The first-order chi connectivity index (χ1) is 4.70. The van der Waals surface area contributed by atoms with Crippen LogP contribution in [0.25, 0.3) is 0 Å². The van der Waals surface area contributed by atoms with E-state index in [4.69, 9.17) is 5.73 Å². The van der Waals surface area contributed by atoms with Gasteiger partial charge in [0.05, 0.1) is 0 Å². The van der Waals surface area contributed by atoms with E-state index in [9.17, 15) is 9.18 Å². The third kappa shape index (κ3) is 1.69. The fourth-order valence-corrected chi connectivity index (χ4v) is 1.48. The zero-order valence-corrected chi connectivity index (χ0v) is 5.85. The highest BCUT2D eigenvalue weighted by Crippen LogP contribution is 2.30. The minimum absolute atomic E-state index is 0.0856. The third-order valence-corrected chi connectivity index (χ3v) is 2.03. The van der Waals surface area contributed by atoms with E-state index in [-0.39, 0.29) is 18.2 Å². The molecule has 0 aromatic heterocycles. The summed E-state index contributed by atoms with van der Waals surface area (Å²) in [6, 6.07) is 0. The molecule has 2 N–H and O–H groups in total. The van der Waals surface area contributed by atoms with E-state index in [0.29, 0.717) is 6.42 Å². The molecule has 2 nitrogen and oxygen atoms in total. The van der Waals surface area contributed by atoms with Crippen LogP contribution in [0.3, 0.4) is 0 Å². The second kappa shape index (κ2) is 2.99. The van der Waals surface area contributed by atoms with Gasteiger partial charge in [0.15, 0.2) is 0 Å². The number of hydrogen-bond donors (Lipinski definition) is 1. The predicted octanol–water partition coefficient (Wildman–Crippen LogP) is 1.000. The SMILES string of the molecule is NC(=O)CC1CCCC1F. The molecule has 3 heteroatoms. The van der Waals surface area contributed by atoms with E-state index >= 15 is 0 Å². The molecule has 1 aliphatic carbocycles. The molecule has 0 aromatic rings. The Kier molecular flexibility index (Phi) is 2.25. The highest BCUT2D eigenvalue weighted by Gasteiger charge is 2.27. The summed E-state index contributed by atoms with van der Waals surface area (Å²) in [5, 5.41) is 0. The smallest absolute Gasteiger partial charge is 0.217 e. The number of carbonyl (C=O) groups excluding carboxylic acids is 1. The van der Waals surface area contributed by atoms with Crippen LogP contribution >= 0.6 is 0 Å². The van der Waals surface area contributed by atoms with E-state index in [1.807, 2.05) is 0 Å². The molecule has 0 saturated heterocycles. The number of nitrogens with two attached hydrogens (primary N) is 1. The highest BCUT2D eigenvalue weighted by molar-refractivity contribution is 5.74. The monoisotopic (exact) mass is 145 g/mol. The minimum Gasteiger partial charge on any atom is -0.370 e. The van der Waals surface area contributed by atoms with Crippen molar-refractivity contribution in [3.63, 3.8) is 0 Å². The van der Waals surface area contributed by atoms with Crippen molar-refractivity contribution in [1.29, 1.82) is 0 Å². The van der Waals surface area contributed by atoms with E-state index in [1.165, 1.54) is 0 Å². The average Bonchev–Trinajstić information content (AvgIpc) is 2.15. The van der Waals surface area contributed by atoms with Crippen molar-refractivity contribution >= 4 is 5.91 Å². The summed E-state index contributed by atoms with van der Waals surface area (Å²) < 4.78 is 12.7. The Labute approximate surface area is 59.6 Å². The van der Waals surface area contributed by atoms with Gasteiger partial charge >= 0.3 is 0 Å². The van der Waals surface area contributed by atoms with Crippen molar-refractivity contribution in [1.82, 2.24) is 0 Å². The lowest BCUT2D eigenvalue weighted by Gasteiger charge is -2.08.